The highest BCUT2D eigenvalue weighted by Crippen LogP contribution is 2.54. The molecule has 0 aromatic heterocycles. The molecule has 0 saturated carbocycles. The lowest BCUT2D eigenvalue weighted by Gasteiger charge is -2.38. The fourth-order valence-electron chi connectivity index (χ4n) is 1.71. The molecule has 0 amide bonds. The summed E-state index contributed by atoms with van der Waals surface area (Å²) in [4.78, 5) is 0. The van der Waals surface area contributed by atoms with E-state index in [2.05, 4.69) is 13.8 Å². The van der Waals surface area contributed by atoms with Gasteiger partial charge in [-0.15, -0.1) is 0 Å². The van der Waals surface area contributed by atoms with E-state index in [0.29, 0.717) is 13.2 Å². The highest BCUT2D eigenvalue weighted by atomic mass is 31.2. The normalized spacial score (nSPS) is 36.7. The van der Waals surface area contributed by atoms with Crippen molar-refractivity contribution >= 4 is 7.60 Å². The van der Waals surface area contributed by atoms with Gasteiger partial charge in [0.05, 0.1) is 13.2 Å². The zero-order valence-electron chi connectivity index (χ0n) is 9.57. The number of hydrogen-bond donors (Lipinski definition) is 1. The van der Waals surface area contributed by atoms with E-state index in [0.717, 1.165) is 25.7 Å². The van der Waals surface area contributed by atoms with Crippen molar-refractivity contribution < 1.29 is 18.7 Å². The van der Waals surface area contributed by atoms with Gasteiger partial charge in [-0.05, 0) is 12.8 Å². The molecule has 0 radical (unpaired) electrons. The number of aliphatic hydroxyl groups excluding tert-OH is 1. The van der Waals surface area contributed by atoms with E-state index >= 15 is 0 Å². The van der Waals surface area contributed by atoms with Crippen LogP contribution in [0, 0.1) is 5.41 Å². The first kappa shape index (κ1) is 13.2. The van der Waals surface area contributed by atoms with Gasteiger partial charge < -0.3 is 14.2 Å². The van der Waals surface area contributed by atoms with Gasteiger partial charge in [0.25, 0.3) is 0 Å². The molecule has 1 rings (SSSR count). The van der Waals surface area contributed by atoms with Crippen LogP contribution in [0.5, 0.6) is 0 Å². The first-order chi connectivity index (χ1) is 7.10. The Morgan fingerprint density at radius 2 is 1.93 bits per heavy atom. The molecule has 1 heterocycles. The van der Waals surface area contributed by atoms with Crippen LogP contribution in [0.1, 0.15) is 39.5 Å². The lowest BCUT2D eigenvalue weighted by atomic mass is 9.82. The third kappa shape index (κ3) is 3.28. The molecule has 0 spiro atoms. The Kier molecular flexibility index (Phi) is 4.78. The zero-order valence-corrected chi connectivity index (χ0v) is 10.5. The molecule has 0 aromatic rings. The van der Waals surface area contributed by atoms with Gasteiger partial charge in [-0.2, -0.15) is 0 Å². The number of aliphatic hydroxyl groups is 1. The molecule has 1 saturated heterocycles. The Bertz CT molecular complexity index is 230. The van der Waals surface area contributed by atoms with Crippen LogP contribution in [0.25, 0.3) is 0 Å². The minimum absolute atomic E-state index is 0.000903. The Morgan fingerprint density at radius 3 is 2.33 bits per heavy atom. The second-order valence-electron chi connectivity index (χ2n) is 4.26. The smallest absolute Gasteiger partial charge is 0.355 e. The summed E-state index contributed by atoms with van der Waals surface area (Å²) in [6, 6.07) is 0. The second-order valence-corrected chi connectivity index (χ2v) is 6.28. The fraction of sp³-hybridized carbons (Fsp3) is 1.00. The summed E-state index contributed by atoms with van der Waals surface area (Å²) in [5.74, 6) is 0. The molecule has 4 nitrogen and oxygen atoms in total. The highest BCUT2D eigenvalue weighted by molar-refractivity contribution is 7.53. The number of rotatable bonds is 5. The summed E-state index contributed by atoms with van der Waals surface area (Å²) in [5.41, 5.74) is -0.000903. The van der Waals surface area contributed by atoms with Crippen molar-refractivity contribution in [2.75, 3.05) is 19.6 Å². The van der Waals surface area contributed by atoms with Gasteiger partial charge >= 0.3 is 7.60 Å². The maximum absolute atomic E-state index is 11.6. The molecule has 1 fully saturated rings. The summed E-state index contributed by atoms with van der Waals surface area (Å²) >= 11 is 0. The van der Waals surface area contributed by atoms with E-state index < -0.39 is 13.9 Å². The maximum Gasteiger partial charge on any atom is 0.355 e. The molecule has 1 N–H and O–H groups in total. The minimum Gasteiger partial charge on any atom is -0.384 e. The minimum atomic E-state index is -3.16. The second kappa shape index (κ2) is 5.44. The molecular weight excluding hydrogens is 215 g/mol. The van der Waals surface area contributed by atoms with E-state index in [1.54, 1.807) is 0 Å². The van der Waals surface area contributed by atoms with Crippen molar-refractivity contribution in [2.24, 2.45) is 5.41 Å². The monoisotopic (exact) mass is 236 g/mol. The third-order valence-electron chi connectivity index (χ3n) is 3.12. The fourth-order valence-corrected chi connectivity index (χ4v) is 2.89. The predicted octanol–water partition coefficient (Wildman–Crippen LogP) is 2.76. The third-order valence-corrected chi connectivity index (χ3v) is 4.51. The highest BCUT2D eigenvalue weighted by Gasteiger charge is 2.40. The van der Waals surface area contributed by atoms with E-state index in [-0.39, 0.29) is 5.41 Å². The molecule has 90 valence electrons. The predicted molar refractivity (Wildman–Crippen MR) is 58.8 cm³/mol. The SMILES string of the molecule is CCCCC1(CC)COP(=O)(CO)OC1. The molecular formula is C10H21O4P. The lowest BCUT2D eigenvalue weighted by molar-refractivity contribution is 0.00165. The zero-order chi connectivity index (χ0) is 11.4. The van der Waals surface area contributed by atoms with Crippen LogP contribution in [-0.2, 0) is 13.6 Å². The van der Waals surface area contributed by atoms with Crippen molar-refractivity contribution in [3.63, 3.8) is 0 Å². The largest absolute Gasteiger partial charge is 0.384 e. The molecule has 0 bridgehead atoms. The van der Waals surface area contributed by atoms with Crippen LogP contribution in [0.15, 0.2) is 0 Å². The average molecular weight is 236 g/mol. The van der Waals surface area contributed by atoms with E-state index in [1.807, 2.05) is 0 Å². The van der Waals surface area contributed by atoms with Crippen LogP contribution < -0.4 is 0 Å². The quantitative estimate of drug-likeness (QED) is 0.746. The van der Waals surface area contributed by atoms with Crippen LogP contribution in [0.2, 0.25) is 0 Å². The molecule has 1 aliphatic rings. The van der Waals surface area contributed by atoms with Crippen LogP contribution in [0.3, 0.4) is 0 Å². The van der Waals surface area contributed by atoms with E-state index in [1.165, 1.54) is 0 Å². The Morgan fingerprint density at radius 1 is 1.33 bits per heavy atom. The van der Waals surface area contributed by atoms with Crippen molar-refractivity contribution in [2.45, 2.75) is 39.5 Å². The molecule has 1 aliphatic heterocycles. The van der Waals surface area contributed by atoms with E-state index in [9.17, 15) is 4.57 Å². The first-order valence-corrected chi connectivity index (χ1v) is 7.31. The lowest BCUT2D eigenvalue weighted by Crippen LogP contribution is -2.35. The van der Waals surface area contributed by atoms with Crippen molar-refractivity contribution in [3.8, 4) is 0 Å². The molecule has 0 atom stereocenters. The van der Waals surface area contributed by atoms with Crippen LogP contribution in [0.4, 0.5) is 0 Å². The Hall–Kier alpha value is 0.110. The van der Waals surface area contributed by atoms with Gasteiger partial charge in [-0.25, -0.2) is 0 Å². The van der Waals surface area contributed by atoms with Crippen molar-refractivity contribution in [1.29, 1.82) is 0 Å². The molecule has 0 unspecified atom stereocenters. The Labute approximate surface area is 91.5 Å². The molecule has 0 aromatic carbocycles. The number of hydrogen-bond acceptors (Lipinski definition) is 4. The van der Waals surface area contributed by atoms with E-state index in [4.69, 9.17) is 14.2 Å². The van der Waals surface area contributed by atoms with Gasteiger partial charge in [-0.3, -0.25) is 4.57 Å². The summed E-state index contributed by atoms with van der Waals surface area (Å²) in [6.45, 7) is 5.13. The number of unbranched alkanes of at least 4 members (excludes halogenated alkanes) is 1. The van der Waals surface area contributed by atoms with Crippen molar-refractivity contribution in [1.82, 2.24) is 0 Å². The van der Waals surface area contributed by atoms with Gasteiger partial charge in [0, 0.05) is 5.41 Å². The van der Waals surface area contributed by atoms with Gasteiger partial charge in [-0.1, -0.05) is 26.7 Å². The van der Waals surface area contributed by atoms with Gasteiger partial charge in [0.15, 0.2) is 0 Å². The molecule has 5 heteroatoms. The topological polar surface area (TPSA) is 55.8 Å². The molecule has 15 heavy (non-hydrogen) atoms. The van der Waals surface area contributed by atoms with Crippen molar-refractivity contribution in [3.05, 3.63) is 0 Å². The maximum atomic E-state index is 11.6. The Balaban J connectivity index is 2.54. The van der Waals surface area contributed by atoms with Crippen LogP contribution >= 0.6 is 7.60 Å². The molecule has 0 aliphatic carbocycles. The standard InChI is InChI=1S/C10H21O4P/c1-3-5-6-10(4-2)7-13-15(12,9-11)14-8-10/h11H,3-9H2,1-2H3. The van der Waals surface area contributed by atoms with Gasteiger partial charge in [0.2, 0.25) is 0 Å². The summed E-state index contributed by atoms with van der Waals surface area (Å²) < 4.78 is 22.0. The summed E-state index contributed by atoms with van der Waals surface area (Å²) in [5, 5.41) is 8.86. The summed E-state index contributed by atoms with van der Waals surface area (Å²) in [7, 11) is -3.16. The summed E-state index contributed by atoms with van der Waals surface area (Å²) in [6.07, 6.45) is 3.74. The first-order valence-electron chi connectivity index (χ1n) is 5.59. The van der Waals surface area contributed by atoms with Gasteiger partial charge in [0.1, 0.15) is 6.35 Å². The average Bonchev–Trinajstić information content (AvgIpc) is 2.29. The van der Waals surface area contributed by atoms with Crippen LogP contribution in [-0.4, -0.2) is 24.7 Å².